The van der Waals surface area contributed by atoms with Gasteiger partial charge in [-0.3, -0.25) is 5.10 Å². The molecular weight excluding hydrogens is 400 g/mol. The van der Waals surface area contributed by atoms with Gasteiger partial charge >= 0.3 is 0 Å². The number of aliphatic hydroxyl groups excluding tert-OH is 1. The second-order valence-electron chi connectivity index (χ2n) is 7.16. The molecule has 2 aromatic carbocycles. The first-order valence-corrected chi connectivity index (χ1v) is 10.9. The largest absolute Gasteiger partial charge is 0.391 e. The van der Waals surface area contributed by atoms with Gasteiger partial charge in [0.2, 0.25) is 10.0 Å². The number of fused-ring (bicyclic) bond motifs is 1. The number of nitrogen functional groups attached to an aromatic ring is 1. The first kappa shape index (κ1) is 19.2. The minimum atomic E-state index is -3.72. The molecule has 7 nitrogen and oxygen atoms in total. The van der Waals surface area contributed by atoms with Gasteiger partial charge in [0, 0.05) is 11.6 Å². The van der Waals surface area contributed by atoms with E-state index in [1.807, 2.05) is 19.1 Å². The highest BCUT2D eigenvalue weighted by Crippen LogP contribution is 2.38. The Balaban J connectivity index is 1.70. The Bertz CT molecular complexity index is 1160. The van der Waals surface area contributed by atoms with Crippen LogP contribution in [0.25, 0.3) is 22.0 Å². The predicted molar refractivity (Wildman–Crippen MR) is 110 cm³/mol. The highest BCUT2D eigenvalue weighted by Gasteiger charge is 2.30. The van der Waals surface area contributed by atoms with Crippen molar-refractivity contribution in [3.8, 4) is 11.1 Å². The lowest BCUT2D eigenvalue weighted by Crippen LogP contribution is -2.39. The number of rotatable bonds is 4. The molecule has 0 amide bonds. The van der Waals surface area contributed by atoms with Gasteiger partial charge in [-0.1, -0.05) is 23.7 Å². The Morgan fingerprint density at radius 1 is 1.25 bits per heavy atom. The summed E-state index contributed by atoms with van der Waals surface area (Å²) >= 11 is 6.56. The lowest BCUT2D eigenvalue weighted by atomic mass is 9.99. The summed E-state index contributed by atoms with van der Waals surface area (Å²) in [6.45, 7) is 1.83. The fourth-order valence-corrected chi connectivity index (χ4v) is 5.51. The zero-order valence-corrected chi connectivity index (χ0v) is 16.8. The number of nitrogens with two attached hydrogens (primary N) is 1. The number of aromatic amines is 1. The van der Waals surface area contributed by atoms with Crippen LogP contribution in [0.15, 0.2) is 35.2 Å². The van der Waals surface area contributed by atoms with E-state index >= 15 is 0 Å². The molecule has 9 heteroatoms. The first-order valence-electron chi connectivity index (χ1n) is 9.01. The number of nitrogens with one attached hydrogen (secondary N) is 2. The molecule has 0 radical (unpaired) electrons. The maximum Gasteiger partial charge on any atom is 0.240 e. The number of aromatic nitrogens is 2. The number of halogens is 1. The molecule has 4 rings (SSSR count). The summed E-state index contributed by atoms with van der Waals surface area (Å²) in [7, 11) is -3.72. The number of benzene rings is 2. The number of aliphatic hydroxyl groups is 1. The van der Waals surface area contributed by atoms with Gasteiger partial charge in [0.15, 0.2) is 5.82 Å². The number of sulfonamides is 1. The second-order valence-corrected chi connectivity index (χ2v) is 9.25. The molecular formula is C19H21ClN4O3S. The minimum Gasteiger partial charge on any atom is -0.391 e. The predicted octanol–water partition coefficient (Wildman–Crippen LogP) is 2.97. The minimum absolute atomic E-state index is 0.160. The van der Waals surface area contributed by atoms with Gasteiger partial charge in [-0.2, -0.15) is 5.10 Å². The van der Waals surface area contributed by atoms with Crippen LogP contribution in [0.4, 0.5) is 5.82 Å². The molecule has 3 aromatic rings. The molecule has 1 aliphatic rings. The van der Waals surface area contributed by atoms with Crippen LogP contribution in [-0.2, 0) is 10.0 Å². The van der Waals surface area contributed by atoms with E-state index < -0.39 is 22.2 Å². The van der Waals surface area contributed by atoms with E-state index in [1.54, 1.807) is 18.2 Å². The van der Waals surface area contributed by atoms with Crippen molar-refractivity contribution in [3.63, 3.8) is 0 Å². The lowest BCUT2D eigenvalue weighted by Gasteiger charge is -2.17. The fraction of sp³-hybridized carbons (Fsp3) is 0.316. The Hall–Kier alpha value is -2.13. The van der Waals surface area contributed by atoms with Crippen molar-refractivity contribution in [3.05, 3.63) is 40.9 Å². The Kier molecular flexibility index (Phi) is 4.83. The van der Waals surface area contributed by atoms with Crippen LogP contribution >= 0.6 is 11.6 Å². The summed E-state index contributed by atoms with van der Waals surface area (Å²) in [6.07, 6.45) is 1.42. The van der Waals surface area contributed by atoms with Gasteiger partial charge in [-0.05, 0) is 55.5 Å². The Morgan fingerprint density at radius 3 is 2.68 bits per heavy atom. The van der Waals surface area contributed by atoms with Gasteiger partial charge in [0.1, 0.15) is 0 Å². The molecule has 1 aromatic heterocycles. The number of nitrogens with zero attached hydrogens (tertiary/aromatic N) is 1. The Labute approximate surface area is 167 Å². The van der Waals surface area contributed by atoms with E-state index in [4.69, 9.17) is 17.3 Å². The molecule has 0 spiro atoms. The first-order chi connectivity index (χ1) is 13.3. The summed E-state index contributed by atoms with van der Waals surface area (Å²) in [4.78, 5) is 0.160. The van der Waals surface area contributed by atoms with Crippen LogP contribution in [0.2, 0.25) is 5.02 Å². The Morgan fingerprint density at radius 2 is 2.00 bits per heavy atom. The molecule has 2 atom stereocenters. The van der Waals surface area contributed by atoms with E-state index in [-0.39, 0.29) is 4.90 Å². The molecule has 28 heavy (non-hydrogen) atoms. The average Bonchev–Trinajstić information content (AvgIpc) is 3.22. The third-order valence-corrected chi connectivity index (χ3v) is 7.16. The smallest absolute Gasteiger partial charge is 0.240 e. The van der Waals surface area contributed by atoms with Crippen LogP contribution in [-0.4, -0.2) is 35.9 Å². The van der Waals surface area contributed by atoms with Crippen molar-refractivity contribution >= 4 is 38.3 Å². The molecule has 1 aliphatic carbocycles. The van der Waals surface area contributed by atoms with E-state index in [0.29, 0.717) is 29.1 Å². The quantitative estimate of drug-likeness (QED) is 0.517. The number of anilines is 1. The number of aryl methyl sites for hydroxylation is 1. The molecule has 1 saturated carbocycles. The lowest BCUT2D eigenvalue weighted by molar-refractivity contribution is 0.159. The molecule has 148 valence electrons. The number of hydrogen-bond acceptors (Lipinski definition) is 5. The third-order valence-electron chi connectivity index (χ3n) is 5.28. The highest BCUT2D eigenvalue weighted by atomic mass is 35.5. The van der Waals surface area contributed by atoms with E-state index in [9.17, 15) is 13.5 Å². The van der Waals surface area contributed by atoms with Gasteiger partial charge in [0.05, 0.1) is 26.9 Å². The van der Waals surface area contributed by atoms with Gasteiger partial charge < -0.3 is 10.8 Å². The maximum absolute atomic E-state index is 12.7. The van der Waals surface area contributed by atoms with E-state index in [0.717, 1.165) is 28.6 Å². The summed E-state index contributed by atoms with van der Waals surface area (Å²) < 4.78 is 28.0. The van der Waals surface area contributed by atoms with Gasteiger partial charge in [-0.25, -0.2) is 13.1 Å². The van der Waals surface area contributed by atoms with Crippen LogP contribution in [0.5, 0.6) is 0 Å². The molecule has 1 fully saturated rings. The maximum atomic E-state index is 12.7. The van der Waals surface area contributed by atoms with E-state index in [1.165, 1.54) is 0 Å². The van der Waals surface area contributed by atoms with E-state index in [2.05, 4.69) is 14.9 Å². The summed E-state index contributed by atoms with van der Waals surface area (Å²) in [5, 5.41) is 17.8. The van der Waals surface area contributed by atoms with Crippen molar-refractivity contribution < 1.29 is 13.5 Å². The SMILES string of the molecule is Cc1cc(S(=O)(=O)N[C@@H]2CCC[C@@H]2O)ccc1-c1ccc2[nH]nc(N)c2c1Cl. The van der Waals surface area contributed by atoms with Crippen LogP contribution in [0.1, 0.15) is 24.8 Å². The highest BCUT2D eigenvalue weighted by molar-refractivity contribution is 7.89. The van der Waals surface area contributed by atoms with Crippen molar-refractivity contribution in [1.82, 2.24) is 14.9 Å². The summed E-state index contributed by atoms with van der Waals surface area (Å²) in [6, 6.07) is 8.15. The third kappa shape index (κ3) is 3.26. The fourth-order valence-electron chi connectivity index (χ4n) is 3.75. The second kappa shape index (κ2) is 7.04. The van der Waals surface area contributed by atoms with Crippen LogP contribution in [0.3, 0.4) is 0 Å². The average molecular weight is 421 g/mol. The number of H-pyrrole nitrogens is 1. The molecule has 0 unspecified atom stereocenters. The molecule has 0 saturated heterocycles. The summed E-state index contributed by atoms with van der Waals surface area (Å²) in [5.41, 5.74) is 8.96. The molecule has 0 bridgehead atoms. The van der Waals surface area contributed by atoms with Crippen molar-refractivity contribution in [1.29, 1.82) is 0 Å². The van der Waals surface area contributed by atoms with Gasteiger partial charge in [0.25, 0.3) is 0 Å². The zero-order chi connectivity index (χ0) is 20.1. The number of hydrogen-bond donors (Lipinski definition) is 4. The topological polar surface area (TPSA) is 121 Å². The molecule has 5 N–H and O–H groups in total. The standard InChI is InChI=1S/C19H21ClN4O3S/c1-10-9-11(28(26,27)24-14-3-2-4-16(14)25)5-6-12(10)13-7-8-15-17(18(13)20)19(21)23-22-15/h5-9,14,16,24-25H,2-4H2,1H3,(H3,21,22,23)/t14-,16+/m1/s1. The monoisotopic (exact) mass is 420 g/mol. The van der Waals surface area contributed by atoms with Crippen molar-refractivity contribution in [2.45, 2.75) is 43.2 Å². The van der Waals surface area contributed by atoms with Crippen LogP contribution < -0.4 is 10.5 Å². The summed E-state index contributed by atoms with van der Waals surface area (Å²) in [5.74, 6) is 0.318. The van der Waals surface area contributed by atoms with Crippen molar-refractivity contribution in [2.75, 3.05) is 5.73 Å². The zero-order valence-electron chi connectivity index (χ0n) is 15.2. The normalized spacial score (nSPS) is 20.1. The van der Waals surface area contributed by atoms with Crippen molar-refractivity contribution in [2.24, 2.45) is 0 Å². The molecule has 1 heterocycles. The van der Waals surface area contributed by atoms with Gasteiger partial charge in [-0.15, -0.1) is 0 Å². The molecule has 0 aliphatic heterocycles. The van der Waals surface area contributed by atoms with Crippen LogP contribution in [0, 0.1) is 6.92 Å².